The molecule has 2 N–H and O–H groups in total. The average Bonchev–Trinajstić information content (AvgIpc) is 2.38. The number of rotatable bonds is 5. The zero-order chi connectivity index (χ0) is 13.0. The molecule has 2 aromatic carbocycles. The van der Waals surface area contributed by atoms with Gasteiger partial charge in [0.15, 0.2) is 0 Å². The highest BCUT2D eigenvalue weighted by molar-refractivity contribution is 9.10. The van der Waals surface area contributed by atoms with E-state index in [1.54, 1.807) is 0 Å². The first-order valence-electron chi connectivity index (χ1n) is 6.33. The predicted octanol–water partition coefficient (Wildman–Crippen LogP) is 3.38. The Kier molecular flexibility index (Phi) is 4.75. The van der Waals surface area contributed by atoms with Crippen molar-refractivity contribution >= 4 is 26.7 Å². The smallest absolute Gasteiger partial charge is 0.0234 e. The van der Waals surface area contributed by atoms with Crippen LogP contribution in [-0.4, -0.2) is 24.5 Å². The summed E-state index contributed by atoms with van der Waals surface area (Å²) in [4.78, 5) is 2.36. The molecule has 0 spiro atoms. The van der Waals surface area contributed by atoms with E-state index < -0.39 is 0 Å². The SMILES string of the molecule is CCN(CCN)Cc1ccc2cc(Br)ccc2c1. The van der Waals surface area contributed by atoms with Crippen LogP contribution in [0.4, 0.5) is 0 Å². The second-order valence-corrected chi connectivity index (χ2v) is 5.40. The van der Waals surface area contributed by atoms with Gasteiger partial charge in [0.25, 0.3) is 0 Å². The van der Waals surface area contributed by atoms with Crippen molar-refractivity contribution in [3.63, 3.8) is 0 Å². The van der Waals surface area contributed by atoms with E-state index in [1.165, 1.54) is 16.3 Å². The maximum atomic E-state index is 5.62. The number of hydrogen-bond acceptors (Lipinski definition) is 2. The largest absolute Gasteiger partial charge is 0.329 e. The first-order chi connectivity index (χ1) is 8.72. The third kappa shape index (κ3) is 3.31. The van der Waals surface area contributed by atoms with E-state index in [1.807, 2.05) is 0 Å². The maximum Gasteiger partial charge on any atom is 0.0234 e. The molecule has 0 aromatic heterocycles. The number of benzene rings is 2. The standard InChI is InChI=1S/C15H19BrN2/c1-2-18(8-7-17)11-12-3-4-14-10-15(16)6-5-13(14)9-12/h3-6,9-10H,2,7-8,11,17H2,1H3. The van der Waals surface area contributed by atoms with Gasteiger partial charge in [-0.25, -0.2) is 0 Å². The van der Waals surface area contributed by atoms with Crippen molar-refractivity contribution in [1.82, 2.24) is 4.90 Å². The second kappa shape index (κ2) is 6.32. The van der Waals surface area contributed by atoms with Gasteiger partial charge in [0.2, 0.25) is 0 Å². The third-order valence-electron chi connectivity index (χ3n) is 3.17. The molecule has 0 saturated heterocycles. The highest BCUT2D eigenvalue weighted by atomic mass is 79.9. The summed E-state index contributed by atoms with van der Waals surface area (Å²) in [5.74, 6) is 0. The minimum absolute atomic E-state index is 0.717. The number of fused-ring (bicyclic) bond motifs is 1. The van der Waals surface area contributed by atoms with Crippen molar-refractivity contribution in [1.29, 1.82) is 0 Å². The van der Waals surface area contributed by atoms with Crippen molar-refractivity contribution in [3.8, 4) is 0 Å². The first kappa shape index (κ1) is 13.5. The van der Waals surface area contributed by atoms with E-state index in [-0.39, 0.29) is 0 Å². The molecular weight excluding hydrogens is 288 g/mol. The van der Waals surface area contributed by atoms with E-state index >= 15 is 0 Å². The van der Waals surface area contributed by atoms with Gasteiger partial charge in [0.1, 0.15) is 0 Å². The predicted molar refractivity (Wildman–Crippen MR) is 81.7 cm³/mol. The summed E-state index contributed by atoms with van der Waals surface area (Å²) in [5, 5.41) is 2.56. The molecule has 96 valence electrons. The monoisotopic (exact) mass is 306 g/mol. The Bertz CT molecular complexity index is 525. The lowest BCUT2D eigenvalue weighted by Gasteiger charge is -2.19. The van der Waals surface area contributed by atoms with Crippen LogP contribution in [0, 0.1) is 0 Å². The molecule has 0 aliphatic heterocycles. The molecule has 0 saturated carbocycles. The summed E-state index contributed by atoms with van der Waals surface area (Å²) in [6.07, 6.45) is 0. The van der Waals surface area contributed by atoms with E-state index in [0.717, 1.165) is 24.1 Å². The lowest BCUT2D eigenvalue weighted by molar-refractivity contribution is 0.288. The summed E-state index contributed by atoms with van der Waals surface area (Å²) >= 11 is 3.50. The van der Waals surface area contributed by atoms with Gasteiger partial charge in [-0.1, -0.05) is 41.1 Å². The Morgan fingerprint density at radius 2 is 1.83 bits per heavy atom. The normalized spacial score (nSPS) is 11.3. The van der Waals surface area contributed by atoms with E-state index in [9.17, 15) is 0 Å². The minimum atomic E-state index is 0.717. The zero-order valence-corrected chi connectivity index (χ0v) is 12.3. The van der Waals surface area contributed by atoms with E-state index in [4.69, 9.17) is 5.73 Å². The van der Waals surface area contributed by atoms with Gasteiger partial charge in [-0.05, 0) is 41.1 Å². The molecular formula is C15H19BrN2. The van der Waals surface area contributed by atoms with Crippen LogP contribution >= 0.6 is 15.9 Å². The summed E-state index contributed by atoms with van der Waals surface area (Å²) in [6.45, 7) is 5.85. The minimum Gasteiger partial charge on any atom is -0.329 e. The maximum absolute atomic E-state index is 5.62. The van der Waals surface area contributed by atoms with Gasteiger partial charge in [-0.3, -0.25) is 4.90 Å². The molecule has 0 atom stereocenters. The summed E-state index contributed by atoms with van der Waals surface area (Å²) in [6, 6.07) is 13.0. The van der Waals surface area contributed by atoms with Gasteiger partial charge in [0, 0.05) is 24.1 Å². The topological polar surface area (TPSA) is 29.3 Å². The quantitative estimate of drug-likeness (QED) is 0.917. The van der Waals surface area contributed by atoms with Crippen LogP contribution in [0.25, 0.3) is 10.8 Å². The Balaban J connectivity index is 2.21. The molecule has 0 heterocycles. The molecule has 0 fully saturated rings. The fraction of sp³-hybridized carbons (Fsp3) is 0.333. The van der Waals surface area contributed by atoms with Gasteiger partial charge in [-0.2, -0.15) is 0 Å². The van der Waals surface area contributed by atoms with Gasteiger partial charge in [-0.15, -0.1) is 0 Å². The molecule has 0 bridgehead atoms. The lowest BCUT2D eigenvalue weighted by Crippen LogP contribution is -2.28. The van der Waals surface area contributed by atoms with Crippen molar-refractivity contribution in [2.75, 3.05) is 19.6 Å². The van der Waals surface area contributed by atoms with Crippen molar-refractivity contribution in [2.45, 2.75) is 13.5 Å². The fourth-order valence-corrected chi connectivity index (χ4v) is 2.53. The van der Waals surface area contributed by atoms with E-state index in [2.05, 4.69) is 64.2 Å². The highest BCUT2D eigenvalue weighted by Crippen LogP contribution is 2.21. The van der Waals surface area contributed by atoms with Crippen LogP contribution < -0.4 is 5.73 Å². The summed E-state index contributed by atoms with van der Waals surface area (Å²) in [5.41, 5.74) is 6.97. The second-order valence-electron chi connectivity index (χ2n) is 4.48. The van der Waals surface area contributed by atoms with Crippen LogP contribution in [-0.2, 0) is 6.54 Å². The number of likely N-dealkylation sites (N-methyl/N-ethyl adjacent to an activating group) is 1. The van der Waals surface area contributed by atoms with Crippen molar-refractivity contribution in [3.05, 3.63) is 46.4 Å². The molecule has 0 amide bonds. The van der Waals surface area contributed by atoms with Crippen LogP contribution in [0.2, 0.25) is 0 Å². The molecule has 2 nitrogen and oxygen atoms in total. The lowest BCUT2D eigenvalue weighted by atomic mass is 10.1. The van der Waals surface area contributed by atoms with Gasteiger partial charge in [0.05, 0.1) is 0 Å². The molecule has 3 heteroatoms. The fourth-order valence-electron chi connectivity index (χ4n) is 2.15. The Hall–Kier alpha value is -0.900. The summed E-state index contributed by atoms with van der Waals surface area (Å²) < 4.78 is 1.13. The molecule has 18 heavy (non-hydrogen) atoms. The molecule has 2 rings (SSSR count). The Morgan fingerprint density at radius 3 is 2.56 bits per heavy atom. The van der Waals surface area contributed by atoms with Crippen molar-refractivity contribution in [2.24, 2.45) is 5.73 Å². The number of hydrogen-bond donors (Lipinski definition) is 1. The van der Waals surface area contributed by atoms with Crippen molar-refractivity contribution < 1.29 is 0 Å². The molecule has 0 aliphatic rings. The first-order valence-corrected chi connectivity index (χ1v) is 7.13. The third-order valence-corrected chi connectivity index (χ3v) is 3.66. The Morgan fingerprint density at radius 1 is 1.11 bits per heavy atom. The van der Waals surface area contributed by atoms with Crippen LogP contribution in [0.3, 0.4) is 0 Å². The molecule has 0 aliphatic carbocycles. The molecule has 0 radical (unpaired) electrons. The van der Waals surface area contributed by atoms with Gasteiger partial charge >= 0.3 is 0 Å². The summed E-state index contributed by atoms with van der Waals surface area (Å²) in [7, 11) is 0. The Labute approximate surface area is 117 Å². The molecule has 2 aromatic rings. The zero-order valence-electron chi connectivity index (χ0n) is 10.7. The molecule has 0 unspecified atom stereocenters. The number of nitrogens with two attached hydrogens (primary N) is 1. The van der Waals surface area contributed by atoms with Crippen LogP contribution in [0.15, 0.2) is 40.9 Å². The highest BCUT2D eigenvalue weighted by Gasteiger charge is 2.03. The number of halogens is 1. The number of nitrogens with zero attached hydrogens (tertiary/aromatic N) is 1. The van der Waals surface area contributed by atoms with Crippen LogP contribution in [0.1, 0.15) is 12.5 Å². The van der Waals surface area contributed by atoms with E-state index in [0.29, 0.717) is 6.54 Å². The van der Waals surface area contributed by atoms with Gasteiger partial charge < -0.3 is 5.73 Å². The van der Waals surface area contributed by atoms with Crippen LogP contribution in [0.5, 0.6) is 0 Å². The average molecular weight is 307 g/mol.